The Bertz CT molecular complexity index is 209. The summed E-state index contributed by atoms with van der Waals surface area (Å²) in [7, 11) is 5.85. The Morgan fingerprint density at radius 1 is 0.810 bits per heavy atom. The fourth-order valence-corrected chi connectivity index (χ4v) is 5.06. The minimum absolute atomic E-state index is 0.397. The van der Waals surface area contributed by atoms with Crippen LogP contribution in [0.15, 0.2) is 0 Å². The van der Waals surface area contributed by atoms with Gasteiger partial charge in [-0.05, 0) is 12.8 Å². The molecule has 6 heteroatoms. The monoisotopic (exact) mass is 311 g/mol. The van der Waals surface area contributed by atoms with E-state index in [1.165, 1.54) is 77.0 Å². The largest absolute Gasteiger partial charge is 0.414 e. The standard InChI is InChI=1S/C15H37B3NOP/c1-3-5-7-9-11-13-15(21(20-18)19(16)17)14-12-10-8-6-4-2/h15H,3-14,16-18H2,1-2H3. The van der Waals surface area contributed by atoms with Crippen LogP contribution in [0.25, 0.3) is 0 Å². The van der Waals surface area contributed by atoms with Crippen LogP contribution in [0.4, 0.5) is 0 Å². The maximum Gasteiger partial charge on any atom is 0.264 e. The Hall–Kier alpha value is 0.545. The van der Waals surface area contributed by atoms with Crippen LogP contribution in [0.2, 0.25) is 0 Å². The van der Waals surface area contributed by atoms with Gasteiger partial charge in [-0.25, -0.2) is 0 Å². The Morgan fingerprint density at radius 2 is 1.24 bits per heavy atom. The van der Waals surface area contributed by atoms with Gasteiger partial charge < -0.3 is 8.93 Å². The Morgan fingerprint density at radius 3 is 1.57 bits per heavy atom. The van der Waals surface area contributed by atoms with Gasteiger partial charge in [-0.2, -0.15) is 0 Å². The molecular weight excluding hydrogens is 274 g/mol. The van der Waals surface area contributed by atoms with Crippen molar-refractivity contribution in [3.8, 4) is 0 Å². The minimum atomic E-state index is -0.397. The predicted octanol–water partition coefficient (Wildman–Crippen LogP) is 3.35. The number of hydrogen-bond acceptors (Lipinski definition) is 2. The van der Waals surface area contributed by atoms with Crippen molar-refractivity contribution in [2.45, 2.75) is 96.6 Å². The van der Waals surface area contributed by atoms with Crippen molar-refractivity contribution >= 4 is 32.3 Å². The molecule has 0 heterocycles. The maximum atomic E-state index is 5.82. The van der Waals surface area contributed by atoms with E-state index in [1.54, 1.807) is 0 Å². The van der Waals surface area contributed by atoms with Gasteiger partial charge in [0, 0.05) is 5.66 Å². The minimum Gasteiger partial charge on any atom is -0.414 e. The highest BCUT2D eigenvalue weighted by Gasteiger charge is 2.21. The zero-order valence-electron chi connectivity index (χ0n) is 15.4. The molecule has 0 aromatic carbocycles. The first kappa shape index (κ1) is 21.5. The SMILES string of the molecule is BOP(C(CCCCCCC)CCCCCCC)N(B)B. The summed E-state index contributed by atoms with van der Waals surface area (Å²) in [5.41, 5.74) is 0.767. The van der Waals surface area contributed by atoms with Crippen molar-refractivity contribution < 1.29 is 4.44 Å². The van der Waals surface area contributed by atoms with Crippen LogP contribution >= 0.6 is 8.30 Å². The van der Waals surface area contributed by atoms with E-state index < -0.39 is 8.30 Å². The second kappa shape index (κ2) is 15.4. The van der Waals surface area contributed by atoms with E-state index in [2.05, 4.69) is 34.3 Å². The third kappa shape index (κ3) is 11.7. The molecule has 0 aliphatic carbocycles. The molecule has 0 saturated heterocycles. The van der Waals surface area contributed by atoms with Gasteiger partial charge in [0.25, 0.3) is 8.05 Å². The van der Waals surface area contributed by atoms with Crippen LogP contribution < -0.4 is 0 Å². The summed E-state index contributed by atoms with van der Waals surface area (Å²) in [6.07, 6.45) is 16.6. The summed E-state index contributed by atoms with van der Waals surface area (Å²) >= 11 is 0. The number of unbranched alkanes of at least 4 members (excludes halogenated alkanes) is 8. The second-order valence-electron chi connectivity index (χ2n) is 6.39. The summed E-state index contributed by atoms with van der Waals surface area (Å²) in [6, 6.07) is 0. The van der Waals surface area contributed by atoms with Crippen LogP contribution in [-0.4, -0.2) is 34.2 Å². The summed E-state index contributed by atoms with van der Waals surface area (Å²) in [5, 5.41) is 0. The lowest BCUT2D eigenvalue weighted by Gasteiger charge is -2.32. The highest BCUT2D eigenvalue weighted by atomic mass is 31.2. The van der Waals surface area contributed by atoms with Crippen LogP contribution in [0.3, 0.4) is 0 Å². The molecule has 0 N–H and O–H groups in total. The summed E-state index contributed by atoms with van der Waals surface area (Å²) in [5.74, 6) is 0. The summed E-state index contributed by atoms with van der Waals surface area (Å²) in [4.78, 5) is 0. The van der Waals surface area contributed by atoms with Gasteiger partial charge in [-0.15, -0.1) is 0 Å². The first-order chi connectivity index (χ1) is 10.2. The molecule has 1 unspecified atom stereocenters. The lowest BCUT2D eigenvalue weighted by Crippen LogP contribution is -2.20. The molecule has 0 aliphatic heterocycles. The summed E-state index contributed by atoms with van der Waals surface area (Å²) < 4.78 is 8.14. The van der Waals surface area contributed by atoms with E-state index in [4.69, 9.17) is 4.44 Å². The van der Waals surface area contributed by atoms with E-state index >= 15 is 0 Å². The third-order valence-electron chi connectivity index (χ3n) is 4.18. The van der Waals surface area contributed by atoms with Gasteiger partial charge in [0.15, 0.2) is 16.0 Å². The average molecular weight is 311 g/mol. The molecule has 21 heavy (non-hydrogen) atoms. The predicted molar refractivity (Wildman–Crippen MR) is 106 cm³/mol. The molecule has 0 saturated carbocycles. The van der Waals surface area contributed by atoms with Crippen LogP contribution in [-0.2, 0) is 4.44 Å². The first-order valence-electron chi connectivity index (χ1n) is 9.17. The van der Waals surface area contributed by atoms with Crippen LogP contribution in [0, 0.1) is 0 Å². The highest BCUT2D eigenvalue weighted by Crippen LogP contribution is 2.47. The van der Waals surface area contributed by atoms with Gasteiger partial charge in [0.05, 0.1) is 8.30 Å². The molecule has 0 aromatic heterocycles. The smallest absolute Gasteiger partial charge is 0.264 e. The number of rotatable bonds is 15. The average Bonchev–Trinajstić information content (AvgIpc) is 2.46. The fourth-order valence-electron chi connectivity index (χ4n) is 2.97. The van der Waals surface area contributed by atoms with Crippen molar-refractivity contribution in [2.24, 2.45) is 0 Å². The first-order valence-corrected chi connectivity index (χ1v) is 10.5. The van der Waals surface area contributed by atoms with Crippen LogP contribution in [0.1, 0.15) is 90.9 Å². The molecule has 0 aliphatic rings. The Labute approximate surface area is 138 Å². The molecule has 0 spiro atoms. The van der Waals surface area contributed by atoms with Crippen LogP contribution in [0.5, 0.6) is 0 Å². The van der Waals surface area contributed by atoms with E-state index in [-0.39, 0.29) is 0 Å². The third-order valence-corrected chi connectivity index (χ3v) is 6.48. The lowest BCUT2D eigenvalue weighted by molar-refractivity contribution is 0.521. The molecule has 0 radical (unpaired) electrons. The number of nitrogens with zero attached hydrogens (tertiary/aromatic N) is 1. The van der Waals surface area contributed by atoms with Crippen molar-refractivity contribution in [1.29, 1.82) is 0 Å². The zero-order valence-corrected chi connectivity index (χ0v) is 16.3. The second-order valence-corrected chi connectivity index (χ2v) is 8.89. The lowest BCUT2D eigenvalue weighted by atomic mass is 10.0. The van der Waals surface area contributed by atoms with Crippen molar-refractivity contribution in [3.05, 3.63) is 0 Å². The molecule has 0 fully saturated rings. The quantitative estimate of drug-likeness (QED) is 0.261. The van der Waals surface area contributed by atoms with Gasteiger partial charge in [-0.3, -0.25) is 0 Å². The van der Waals surface area contributed by atoms with Gasteiger partial charge in [0.1, 0.15) is 0 Å². The normalized spacial score (nSPS) is 13.1. The molecule has 1 atom stereocenters. The summed E-state index contributed by atoms with van der Waals surface area (Å²) in [6.45, 7) is 4.57. The fraction of sp³-hybridized carbons (Fsp3) is 1.00. The van der Waals surface area contributed by atoms with Crippen molar-refractivity contribution in [1.82, 2.24) is 4.49 Å². The maximum absolute atomic E-state index is 5.82. The Kier molecular flexibility index (Phi) is 15.8. The molecule has 0 bridgehead atoms. The van der Waals surface area contributed by atoms with Crippen molar-refractivity contribution in [3.63, 3.8) is 0 Å². The van der Waals surface area contributed by atoms with Gasteiger partial charge in [-0.1, -0.05) is 78.1 Å². The van der Waals surface area contributed by atoms with Gasteiger partial charge >= 0.3 is 0 Å². The van der Waals surface area contributed by atoms with Crippen molar-refractivity contribution in [2.75, 3.05) is 0 Å². The molecule has 0 aromatic rings. The molecule has 2 nitrogen and oxygen atoms in total. The number of hydrogen-bond donors (Lipinski definition) is 0. The molecule has 122 valence electrons. The molecular formula is C15H37B3NOP. The highest BCUT2D eigenvalue weighted by molar-refractivity contribution is 7.54. The topological polar surface area (TPSA) is 12.5 Å². The zero-order chi connectivity index (χ0) is 15.9. The van der Waals surface area contributed by atoms with E-state index in [0.29, 0.717) is 0 Å². The van der Waals surface area contributed by atoms with E-state index in [0.717, 1.165) is 5.66 Å². The molecule has 0 amide bonds. The van der Waals surface area contributed by atoms with Gasteiger partial charge in [0.2, 0.25) is 0 Å². The van der Waals surface area contributed by atoms with E-state index in [9.17, 15) is 0 Å². The molecule has 0 rings (SSSR count). The van der Waals surface area contributed by atoms with E-state index in [1.807, 2.05) is 8.05 Å². The Balaban J connectivity index is 4.08.